The fraction of sp³-hybridized carbons (Fsp3) is 0.333. The molecule has 0 saturated heterocycles. The Kier molecular flexibility index (Phi) is 13.6. The van der Waals surface area contributed by atoms with E-state index in [1.807, 2.05) is 50.3 Å². The predicted octanol–water partition coefficient (Wildman–Crippen LogP) is 2.96. The van der Waals surface area contributed by atoms with Crippen molar-refractivity contribution in [2.24, 2.45) is 5.92 Å². The average Bonchev–Trinajstić information content (AvgIpc) is 2.20. The minimum Gasteiger partial charge on any atom is -0.396 e. The third-order valence-electron chi connectivity index (χ3n) is 1.40. The molecular formula is C12H18OPr. The molecule has 0 atom stereocenters. The predicted molar refractivity (Wildman–Crippen MR) is 58.5 cm³/mol. The van der Waals surface area contributed by atoms with Crippen molar-refractivity contribution < 1.29 is 46.4 Å². The van der Waals surface area contributed by atoms with Crippen molar-refractivity contribution in [1.29, 1.82) is 0 Å². The molecule has 0 bridgehead atoms. The van der Waals surface area contributed by atoms with Gasteiger partial charge in [0, 0.05) is 47.9 Å². The Hall–Kier alpha value is 0.284. The van der Waals surface area contributed by atoms with Crippen LogP contribution in [0.1, 0.15) is 19.4 Å². The molecule has 1 N–H and O–H groups in total. The van der Waals surface area contributed by atoms with Gasteiger partial charge in [0.1, 0.15) is 0 Å². The Morgan fingerprint density at radius 2 is 1.71 bits per heavy atom. The van der Waals surface area contributed by atoms with Crippen LogP contribution < -0.4 is 0 Å². The molecule has 0 aliphatic carbocycles. The summed E-state index contributed by atoms with van der Waals surface area (Å²) in [6.45, 7) is 7.88. The molecule has 1 aromatic carbocycles. The summed E-state index contributed by atoms with van der Waals surface area (Å²) in [6.07, 6.45) is 1.83. The van der Waals surface area contributed by atoms with E-state index in [4.69, 9.17) is 5.11 Å². The largest absolute Gasteiger partial charge is 0.396 e. The average molecular weight is 319 g/mol. The van der Waals surface area contributed by atoms with Crippen LogP contribution in [0.2, 0.25) is 0 Å². The third-order valence-corrected chi connectivity index (χ3v) is 1.40. The van der Waals surface area contributed by atoms with Gasteiger partial charge in [-0.2, -0.15) is 0 Å². The van der Waals surface area contributed by atoms with Gasteiger partial charge in [0.05, 0.1) is 0 Å². The topological polar surface area (TPSA) is 20.2 Å². The van der Waals surface area contributed by atoms with Gasteiger partial charge < -0.3 is 5.11 Å². The molecule has 1 aromatic rings. The van der Waals surface area contributed by atoms with Crippen LogP contribution in [0.4, 0.5) is 0 Å². The summed E-state index contributed by atoms with van der Waals surface area (Å²) < 4.78 is 0. The van der Waals surface area contributed by atoms with Crippen LogP contribution in [0.5, 0.6) is 0 Å². The third kappa shape index (κ3) is 10.4. The maximum absolute atomic E-state index is 8.14. The van der Waals surface area contributed by atoms with Gasteiger partial charge in [0.25, 0.3) is 0 Å². The van der Waals surface area contributed by atoms with Gasteiger partial charge in [0.2, 0.25) is 0 Å². The normalized spacial score (nSPS) is 8.29. The molecule has 0 aromatic heterocycles. The molecular weight excluding hydrogens is 301 g/mol. The smallest absolute Gasteiger partial charge is 0.0453 e. The number of hydrogen-bond acceptors (Lipinski definition) is 1. The fourth-order valence-corrected chi connectivity index (χ4v) is 0.589. The van der Waals surface area contributed by atoms with E-state index in [-0.39, 0.29) is 41.3 Å². The van der Waals surface area contributed by atoms with Crippen LogP contribution in [0, 0.1) is 47.2 Å². The second-order valence-electron chi connectivity index (χ2n) is 3.19. The van der Waals surface area contributed by atoms with Crippen LogP contribution in [0.25, 0.3) is 6.08 Å². The molecule has 0 fully saturated rings. The van der Waals surface area contributed by atoms with E-state index in [1.165, 1.54) is 5.56 Å². The van der Waals surface area contributed by atoms with Crippen molar-refractivity contribution in [3.63, 3.8) is 0 Å². The molecule has 1 radical (unpaired) electrons. The zero-order valence-electron chi connectivity index (χ0n) is 8.98. The Bertz CT molecular complexity index is 219. The standard InChI is InChI=1S/C8H8.C4H10O.Pr/c1-2-8-6-4-3-5-7-8;1-4(2)3-5;/h2-7H,1H2;4-5H,3H2,1-2H3;. The zero-order chi connectivity index (χ0) is 10.1. The summed E-state index contributed by atoms with van der Waals surface area (Å²) >= 11 is 0. The first kappa shape index (κ1) is 16.7. The number of benzene rings is 1. The molecule has 0 aliphatic rings. The summed E-state index contributed by atoms with van der Waals surface area (Å²) in [6, 6.07) is 10.0. The molecule has 0 unspecified atom stereocenters. The maximum Gasteiger partial charge on any atom is 0.0453 e. The molecule has 14 heavy (non-hydrogen) atoms. The van der Waals surface area contributed by atoms with Crippen LogP contribution in [0.15, 0.2) is 36.9 Å². The Morgan fingerprint density at radius 3 is 1.93 bits per heavy atom. The molecule has 0 amide bonds. The van der Waals surface area contributed by atoms with E-state index in [9.17, 15) is 0 Å². The van der Waals surface area contributed by atoms with Crippen molar-refractivity contribution in [3.8, 4) is 0 Å². The first-order valence-corrected chi connectivity index (χ1v) is 4.49. The number of rotatable bonds is 2. The van der Waals surface area contributed by atoms with Crippen molar-refractivity contribution in [2.45, 2.75) is 13.8 Å². The Labute approximate surface area is 120 Å². The molecule has 0 spiro atoms. The summed E-state index contributed by atoms with van der Waals surface area (Å²) in [7, 11) is 0. The molecule has 1 rings (SSSR count). The SMILES string of the molecule is C=Cc1ccccc1.CC(C)CO.[Pr]. The number of aliphatic hydroxyl groups excluding tert-OH is 1. The van der Waals surface area contributed by atoms with Gasteiger partial charge in [-0.3, -0.25) is 0 Å². The van der Waals surface area contributed by atoms with Crippen LogP contribution >= 0.6 is 0 Å². The van der Waals surface area contributed by atoms with Gasteiger partial charge in [-0.1, -0.05) is 56.8 Å². The van der Waals surface area contributed by atoms with Gasteiger partial charge in [-0.25, -0.2) is 0 Å². The number of aliphatic hydroxyl groups is 1. The van der Waals surface area contributed by atoms with Gasteiger partial charge in [-0.05, 0) is 11.5 Å². The molecule has 2 heteroatoms. The molecule has 75 valence electrons. The second kappa shape index (κ2) is 11.4. The van der Waals surface area contributed by atoms with E-state index in [1.54, 1.807) is 0 Å². The molecule has 1 nitrogen and oxygen atoms in total. The summed E-state index contributed by atoms with van der Waals surface area (Å²) in [5.74, 6) is 0.440. The molecule has 0 aliphatic heterocycles. The summed E-state index contributed by atoms with van der Waals surface area (Å²) in [4.78, 5) is 0. The van der Waals surface area contributed by atoms with Crippen molar-refractivity contribution in [3.05, 3.63) is 42.5 Å². The zero-order valence-corrected chi connectivity index (χ0v) is 12.7. The Morgan fingerprint density at radius 1 is 1.29 bits per heavy atom. The summed E-state index contributed by atoms with van der Waals surface area (Å²) in [5.41, 5.74) is 1.17. The summed E-state index contributed by atoms with van der Waals surface area (Å²) in [5, 5.41) is 8.14. The van der Waals surface area contributed by atoms with Crippen molar-refractivity contribution in [1.82, 2.24) is 0 Å². The van der Waals surface area contributed by atoms with Crippen LogP contribution in [-0.2, 0) is 0 Å². The van der Waals surface area contributed by atoms with Gasteiger partial charge in [-0.15, -0.1) is 0 Å². The van der Waals surface area contributed by atoms with E-state index in [0.717, 1.165) is 0 Å². The van der Waals surface area contributed by atoms with E-state index in [0.29, 0.717) is 12.5 Å². The maximum atomic E-state index is 8.14. The minimum absolute atomic E-state index is 0. The van der Waals surface area contributed by atoms with Gasteiger partial charge >= 0.3 is 0 Å². The first-order valence-electron chi connectivity index (χ1n) is 4.49. The van der Waals surface area contributed by atoms with E-state index in [2.05, 4.69) is 6.58 Å². The Balaban J connectivity index is 0. The first-order chi connectivity index (χ1) is 6.20. The van der Waals surface area contributed by atoms with E-state index < -0.39 is 0 Å². The molecule has 0 heterocycles. The second-order valence-corrected chi connectivity index (χ2v) is 3.19. The fourth-order valence-electron chi connectivity index (χ4n) is 0.589. The van der Waals surface area contributed by atoms with Crippen molar-refractivity contribution in [2.75, 3.05) is 6.61 Å². The monoisotopic (exact) mass is 319 g/mol. The van der Waals surface area contributed by atoms with Crippen LogP contribution in [0.3, 0.4) is 0 Å². The quantitative estimate of drug-likeness (QED) is 0.889. The van der Waals surface area contributed by atoms with Crippen molar-refractivity contribution >= 4 is 6.08 Å². The minimum atomic E-state index is 0. The molecule has 0 saturated carbocycles. The van der Waals surface area contributed by atoms with E-state index >= 15 is 0 Å². The van der Waals surface area contributed by atoms with Crippen LogP contribution in [-0.4, -0.2) is 11.7 Å². The number of hydrogen-bond donors (Lipinski definition) is 1. The van der Waals surface area contributed by atoms with Gasteiger partial charge in [0.15, 0.2) is 0 Å².